The summed E-state index contributed by atoms with van der Waals surface area (Å²) in [5.74, 6) is -6.87. The monoisotopic (exact) mass is 1000 g/mol. The number of Topliss-reactive ketones (excluding diaryl/α,β-unsaturated/α-hetero) is 1. The number of carbonyl (C=O) groups excluding carboxylic acids is 9. The lowest BCUT2D eigenvalue weighted by molar-refractivity contribution is -0.171. The zero-order valence-corrected chi connectivity index (χ0v) is 40.9. The zero-order valence-electron chi connectivity index (χ0n) is 40.9. The molecule has 73 heavy (non-hydrogen) atoms. The minimum Gasteiger partial charge on any atom is -0.481 e. The standard InChI is InChI=1S/C54H58N4O15/c1-5-7-10-21-40(44(6-2)58(34-59)73-53(66)42-22-15-16-23-46(42)71-36(4)61)50(63)55-33-56-52(65)47-27-26-45(72-47)39-24-25-41(48(29-39)68-32-49(62)69-30-37-17-11-8-12-18-37)51(64)57-43(28-35(3)60)54(67)70-31-38-19-13-9-14-20-38/h8-9,11-20,22-27,29,34,40,43-44H,5-7,10,21,28,30-33H2,1-4H3,(H,55,63)(H,56,65)(H,57,64)/t40-,43+,44-/m1/s1. The maximum Gasteiger partial charge on any atom is 0.367 e. The molecule has 1 aromatic heterocycles. The van der Waals surface area contributed by atoms with Gasteiger partial charge in [0.15, 0.2) is 12.4 Å². The highest BCUT2D eigenvalue weighted by atomic mass is 16.7. The van der Waals surface area contributed by atoms with Crippen LogP contribution in [0.25, 0.3) is 11.3 Å². The number of ketones is 1. The number of hydroxylamine groups is 2. The second-order valence-corrected chi connectivity index (χ2v) is 16.6. The second kappa shape index (κ2) is 28.3. The number of nitrogens with zero attached hydrogens (tertiary/aromatic N) is 1. The van der Waals surface area contributed by atoms with E-state index in [0.717, 1.165) is 23.5 Å². The number of esters is 3. The molecule has 0 spiro atoms. The highest BCUT2D eigenvalue weighted by Gasteiger charge is 2.34. The highest BCUT2D eigenvalue weighted by Crippen LogP contribution is 2.30. The Balaban J connectivity index is 1.28. The Bertz CT molecular complexity index is 2710. The van der Waals surface area contributed by atoms with Crippen LogP contribution in [0.2, 0.25) is 0 Å². The topological polar surface area (TPSA) is 252 Å². The van der Waals surface area contributed by atoms with E-state index in [1.54, 1.807) is 67.6 Å². The first-order chi connectivity index (χ1) is 35.2. The molecule has 0 aliphatic rings. The number of hydrogen-bond donors (Lipinski definition) is 3. The maximum absolute atomic E-state index is 13.8. The zero-order chi connectivity index (χ0) is 52.7. The summed E-state index contributed by atoms with van der Waals surface area (Å²) in [5, 5.41) is 8.58. The lowest BCUT2D eigenvalue weighted by Crippen LogP contribution is -2.49. The summed E-state index contributed by atoms with van der Waals surface area (Å²) in [5.41, 5.74) is 1.49. The van der Waals surface area contributed by atoms with Crippen molar-refractivity contribution in [3.8, 4) is 22.8 Å². The smallest absolute Gasteiger partial charge is 0.367 e. The Morgan fingerprint density at radius 1 is 0.712 bits per heavy atom. The SMILES string of the molecule is CCCCC[C@@H](C(=O)NCNC(=O)c1ccc(-c2ccc(C(=O)N[C@@H](CC(C)=O)C(=O)OCc3ccccc3)c(OCC(=O)OCc3ccccc3)c2)o1)[C@@H](CC)N(C=O)OC(=O)c1ccccc1OC(C)=O. The number of furan rings is 1. The molecule has 0 bridgehead atoms. The summed E-state index contributed by atoms with van der Waals surface area (Å²) in [6.45, 7) is 5.00. The van der Waals surface area contributed by atoms with Gasteiger partial charge >= 0.3 is 23.9 Å². The number of hydrogen-bond acceptors (Lipinski definition) is 15. The minimum absolute atomic E-state index is 0.0407. The van der Waals surface area contributed by atoms with E-state index in [2.05, 4.69) is 16.0 Å². The molecule has 4 aromatic carbocycles. The van der Waals surface area contributed by atoms with Crippen molar-refractivity contribution in [2.45, 2.75) is 91.5 Å². The fourth-order valence-corrected chi connectivity index (χ4v) is 7.44. The van der Waals surface area contributed by atoms with Gasteiger partial charge in [-0.1, -0.05) is 112 Å². The first kappa shape index (κ1) is 55.3. The van der Waals surface area contributed by atoms with Crippen LogP contribution in [0.3, 0.4) is 0 Å². The number of nitrogens with one attached hydrogen (secondary N) is 3. The molecule has 0 saturated heterocycles. The normalized spacial score (nSPS) is 11.9. The van der Waals surface area contributed by atoms with Gasteiger partial charge in [-0.3, -0.25) is 28.8 Å². The molecule has 5 rings (SSSR count). The predicted octanol–water partition coefficient (Wildman–Crippen LogP) is 6.82. The van der Waals surface area contributed by atoms with E-state index in [4.69, 9.17) is 28.2 Å². The Labute approximate surface area is 421 Å². The van der Waals surface area contributed by atoms with E-state index in [0.29, 0.717) is 30.4 Å². The summed E-state index contributed by atoms with van der Waals surface area (Å²) in [6.07, 6.45) is 2.64. The number of rotatable bonds is 28. The lowest BCUT2D eigenvalue weighted by Gasteiger charge is -2.32. The van der Waals surface area contributed by atoms with Gasteiger partial charge in [-0.15, -0.1) is 0 Å². The Morgan fingerprint density at radius 3 is 2.03 bits per heavy atom. The molecular formula is C54H58N4O15. The quantitative estimate of drug-likeness (QED) is 0.0116. The Morgan fingerprint density at radius 2 is 1.38 bits per heavy atom. The van der Waals surface area contributed by atoms with Gasteiger partial charge in [-0.05, 0) is 67.3 Å². The molecule has 19 heteroatoms. The third-order valence-corrected chi connectivity index (χ3v) is 11.1. The van der Waals surface area contributed by atoms with E-state index < -0.39 is 72.0 Å². The van der Waals surface area contributed by atoms with Crippen molar-refractivity contribution in [2.75, 3.05) is 13.3 Å². The van der Waals surface area contributed by atoms with Crippen molar-refractivity contribution in [1.82, 2.24) is 21.0 Å². The van der Waals surface area contributed by atoms with Gasteiger partial charge in [0.25, 0.3) is 11.8 Å². The first-order valence-corrected chi connectivity index (χ1v) is 23.6. The van der Waals surface area contributed by atoms with Gasteiger partial charge in [0, 0.05) is 18.9 Å². The van der Waals surface area contributed by atoms with Crippen LogP contribution in [0.1, 0.15) is 109 Å². The average Bonchev–Trinajstić information content (AvgIpc) is 3.89. The minimum atomic E-state index is -1.37. The van der Waals surface area contributed by atoms with E-state index in [-0.39, 0.29) is 66.9 Å². The molecule has 384 valence electrons. The van der Waals surface area contributed by atoms with Gasteiger partial charge in [-0.25, -0.2) is 14.4 Å². The van der Waals surface area contributed by atoms with Gasteiger partial charge < -0.3 is 44.2 Å². The molecule has 5 aromatic rings. The van der Waals surface area contributed by atoms with E-state index in [1.165, 1.54) is 62.4 Å². The third-order valence-electron chi connectivity index (χ3n) is 11.1. The van der Waals surface area contributed by atoms with Crippen LogP contribution >= 0.6 is 0 Å². The highest BCUT2D eigenvalue weighted by molar-refractivity contribution is 6.01. The molecule has 0 fully saturated rings. The fourth-order valence-electron chi connectivity index (χ4n) is 7.44. The predicted molar refractivity (Wildman–Crippen MR) is 262 cm³/mol. The molecule has 0 aliphatic carbocycles. The molecule has 0 aliphatic heterocycles. The summed E-state index contributed by atoms with van der Waals surface area (Å²) in [7, 11) is 0. The number of unbranched alkanes of at least 4 members (excludes halogenated alkanes) is 2. The van der Waals surface area contributed by atoms with Crippen LogP contribution in [0.5, 0.6) is 11.5 Å². The first-order valence-electron chi connectivity index (χ1n) is 23.6. The number of carbonyl (C=O) groups is 9. The number of ether oxygens (including phenoxy) is 4. The van der Waals surface area contributed by atoms with Crippen molar-refractivity contribution in [1.29, 1.82) is 0 Å². The van der Waals surface area contributed by atoms with Crippen LogP contribution in [-0.4, -0.2) is 84.2 Å². The lowest BCUT2D eigenvalue weighted by atomic mass is 9.90. The van der Waals surface area contributed by atoms with Crippen molar-refractivity contribution in [3.05, 3.63) is 143 Å². The Hall–Kier alpha value is -8.61. The molecule has 19 nitrogen and oxygen atoms in total. The van der Waals surface area contributed by atoms with Gasteiger partial charge in [0.05, 0.1) is 24.2 Å². The summed E-state index contributed by atoms with van der Waals surface area (Å²) < 4.78 is 27.6. The van der Waals surface area contributed by atoms with Gasteiger partial charge in [0.2, 0.25) is 12.3 Å². The molecule has 0 unspecified atom stereocenters. The van der Waals surface area contributed by atoms with Crippen LogP contribution in [0, 0.1) is 5.92 Å². The number of amides is 4. The van der Waals surface area contributed by atoms with Crippen molar-refractivity contribution in [3.63, 3.8) is 0 Å². The van der Waals surface area contributed by atoms with Crippen LogP contribution < -0.4 is 25.4 Å². The second-order valence-electron chi connectivity index (χ2n) is 16.6. The van der Waals surface area contributed by atoms with Crippen LogP contribution in [-0.2, 0) is 56.3 Å². The molecule has 4 amide bonds. The largest absolute Gasteiger partial charge is 0.481 e. The summed E-state index contributed by atoms with van der Waals surface area (Å²) >= 11 is 0. The molecule has 0 radical (unpaired) electrons. The number of para-hydroxylation sites is 1. The fraction of sp³-hybridized carbons (Fsp3) is 0.315. The van der Waals surface area contributed by atoms with E-state index in [1.807, 2.05) is 13.0 Å². The summed E-state index contributed by atoms with van der Waals surface area (Å²) in [4.78, 5) is 122. The Kier molecular flexibility index (Phi) is 21.4. The maximum atomic E-state index is 13.8. The van der Waals surface area contributed by atoms with Crippen LogP contribution in [0.15, 0.2) is 120 Å². The molecular weight excluding hydrogens is 945 g/mol. The number of benzene rings is 4. The molecule has 1 heterocycles. The van der Waals surface area contributed by atoms with Crippen molar-refractivity contribution in [2.24, 2.45) is 5.92 Å². The third kappa shape index (κ3) is 17.0. The summed E-state index contributed by atoms with van der Waals surface area (Å²) in [6, 6.07) is 28.4. The average molecular weight is 1000 g/mol. The molecule has 0 saturated carbocycles. The van der Waals surface area contributed by atoms with Crippen LogP contribution in [0.4, 0.5) is 0 Å². The van der Waals surface area contributed by atoms with Crippen molar-refractivity contribution < 1.29 is 71.4 Å². The molecule has 3 N–H and O–H groups in total. The van der Waals surface area contributed by atoms with Crippen molar-refractivity contribution >= 4 is 53.8 Å². The van der Waals surface area contributed by atoms with E-state index in [9.17, 15) is 43.2 Å². The molecule has 3 atom stereocenters. The van der Waals surface area contributed by atoms with Gasteiger partial charge in [-0.2, -0.15) is 5.06 Å². The van der Waals surface area contributed by atoms with Gasteiger partial charge in [0.1, 0.15) is 47.9 Å². The van der Waals surface area contributed by atoms with E-state index >= 15 is 0 Å².